The van der Waals surface area contributed by atoms with Gasteiger partial charge in [0.25, 0.3) is 0 Å². The Morgan fingerprint density at radius 1 is 1.69 bits per heavy atom. The zero-order chi connectivity index (χ0) is 9.90. The minimum Gasteiger partial charge on any atom is -0.465 e. The minimum atomic E-state index is -1.09. The van der Waals surface area contributed by atoms with E-state index in [0.717, 1.165) is 13.0 Å². The molecule has 0 aliphatic carbocycles. The van der Waals surface area contributed by atoms with Crippen molar-refractivity contribution in [2.24, 2.45) is 0 Å². The van der Waals surface area contributed by atoms with Gasteiger partial charge in [-0.2, -0.15) is 0 Å². The summed E-state index contributed by atoms with van der Waals surface area (Å²) >= 11 is 0. The van der Waals surface area contributed by atoms with Gasteiger partial charge in [0.1, 0.15) is 0 Å². The molecule has 0 aromatic rings. The lowest BCUT2D eigenvalue weighted by Gasteiger charge is -2.30. The molecule has 0 saturated carbocycles. The van der Waals surface area contributed by atoms with Crippen LogP contribution in [0.4, 0.5) is 4.79 Å². The van der Waals surface area contributed by atoms with Crippen LogP contribution in [0.2, 0.25) is 0 Å². The summed E-state index contributed by atoms with van der Waals surface area (Å²) in [5.74, 6) is 0. The van der Waals surface area contributed by atoms with Gasteiger partial charge < -0.3 is 20.8 Å². The van der Waals surface area contributed by atoms with Gasteiger partial charge in [0.2, 0.25) is 0 Å². The molecule has 1 fully saturated rings. The molecular weight excluding hydrogens is 172 g/mol. The van der Waals surface area contributed by atoms with E-state index < -0.39 is 17.7 Å². The SMILES string of the molecule is C[C@@]1(O)CCCNC[C@@H]1NC(=O)O. The molecule has 0 spiro atoms. The van der Waals surface area contributed by atoms with Crippen LogP contribution in [0.1, 0.15) is 19.8 Å². The Morgan fingerprint density at radius 2 is 2.38 bits per heavy atom. The number of hydrogen-bond donors (Lipinski definition) is 4. The number of carboxylic acid groups (broad SMARTS) is 1. The third-order valence-electron chi connectivity index (χ3n) is 2.43. The average molecular weight is 188 g/mol. The fourth-order valence-corrected chi connectivity index (χ4v) is 1.57. The molecule has 0 bridgehead atoms. The molecule has 1 aliphatic heterocycles. The molecule has 0 aromatic heterocycles. The van der Waals surface area contributed by atoms with Crippen molar-refractivity contribution in [1.29, 1.82) is 0 Å². The Morgan fingerprint density at radius 3 is 3.00 bits per heavy atom. The van der Waals surface area contributed by atoms with Gasteiger partial charge in [-0.3, -0.25) is 0 Å². The van der Waals surface area contributed by atoms with Gasteiger partial charge in [-0.15, -0.1) is 0 Å². The topological polar surface area (TPSA) is 81.6 Å². The number of nitrogens with one attached hydrogen (secondary N) is 2. The Bertz CT molecular complexity index is 194. The molecule has 5 heteroatoms. The molecule has 1 aliphatic rings. The maximum atomic E-state index is 10.4. The summed E-state index contributed by atoms with van der Waals surface area (Å²) in [4.78, 5) is 10.4. The molecule has 0 aromatic carbocycles. The molecule has 0 unspecified atom stereocenters. The van der Waals surface area contributed by atoms with Gasteiger partial charge in [0.05, 0.1) is 11.6 Å². The normalized spacial score (nSPS) is 35.1. The highest BCUT2D eigenvalue weighted by Gasteiger charge is 2.33. The summed E-state index contributed by atoms with van der Waals surface area (Å²) in [6.45, 7) is 2.98. The summed E-state index contributed by atoms with van der Waals surface area (Å²) in [5.41, 5.74) is -0.943. The number of carbonyl (C=O) groups is 1. The fourth-order valence-electron chi connectivity index (χ4n) is 1.57. The first-order valence-electron chi connectivity index (χ1n) is 4.45. The van der Waals surface area contributed by atoms with Crippen molar-refractivity contribution in [2.45, 2.75) is 31.4 Å². The highest BCUT2D eigenvalue weighted by atomic mass is 16.4. The summed E-state index contributed by atoms with van der Waals surface area (Å²) < 4.78 is 0. The molecule has 2 atom stereocenters. The van der Waals surface area contributed by atoms with Gasteiger partial charge in [0, 0.05) is 6.54 Å². The average Bonchev–Trinajstić information content (AvgIpc) is 2.13. The van der Waals surface area contributed by atoms with Crippen LogP contribution in [0.25, 0.3) is 0 Å². The number of rotatable bonds is 1. The lowest BCUT2D eigenvalue weighted by molar-refractivity contribution is 0.0182. The monoisotopic (exact) mass is 188 g/mol. The first-order valence-corrected chi connectivity index (χ1v) is 4.45. The second kappa shape index (κ2) is 3.93. The van der Waals surface area contributed by atoms with E-state index in [1.165, 1.54) is 0 Å². The van der Waals surface area contributed by atoms with E-state index >= 15 is 0 Å². The van der Waals surface area contributed by atoms with Crippen molar-refractivity contribution >= 4 is 6.09 Å². The summed E-state index contributed by atoms with van der Waals surface area (Å²) in [5, 5.41) is 23.8. The van der Waals surface area contributed by atoms with E-state index in [1.807, 2.05) is 0 Å². The zero-order valence-corrected chi connectivity index (χ0v) is 7.71. The van der Waals surface area contributed by atoms with E-state index in [0.29, 0.717) is 13.0 Å². The Hall–Kier alpha value is -0.810. The lowest BCUT2D eigenvalue weighted by Crippen LogP contribution is -2.53. The Kier molecular flexibility index (Phi) is 3.11. The van der Waals surface area contributed by atoms with Crippen LogP contribution in [0.3, 0.4) is 0 Å². The molecule has 0 radical (unpaired) electrons. The number of hydrogen-bond acceptors (Lipinski definition) is 3. The highest BCUT2D eigenvalue weighted by molar-refractivity contribution is 5.65. The molecular formula is C8H16N2O3. The van der Waals surface area contributed by atoms with Gasteiger partial charge in [0.15, 0.2) is 0 Å². The molecule has 1 rings (SSSR count). The van der Waals surface area contributed by atoms with E-state index in [-0.39, 0.29) is 0 Å². The number of amides is 1. The quantitative estimate of drug-likeness (QED) is 0.457. The predicted octanol–water partition coefficient (Wildman–Crippen LogP) is -0.243. The van der Waals surface area contributed by atoms with Gasteiger partial charge in [-0.25, -0.2) is 4.79 Å². The summed E-state index contributed by atoms with van der Waals surface area (Å²) in [7, 11) is 0. The first-order chi connectivity index (χ1) is 6.02. The van der Waals surface area contributed by atoms with Gasteiger partial charge >= 0.3 is 6.09 Å². The van der Waals surface area contributed by atoms with Crippen molar-refractivity contribution in [3.8, 4) is 0 Å². The van der Waals surface area contributed by atoms with Crippen LogP contribution in [-0.2, 0) is 0 Å². The van der Waals surface area contributed by atoms with Crippen LogP contribution in [0.5, 0.6) is 0 Å². The van der Waals surface area contributed by atoms with Crippen LogP contribution in [-0.4, -0.2) is 41.0 Å². The Labute approximate surface area is 77.1 Å². The van der Waals surface area contributed by atoms with Crippen molar-refractivity contribution in [3.63, 3.8) is 0 Å². The number of aliphatic hydroxyl groups is 1. The molecule has 5 nitrogen and oxygen atoms in total. The van der Waals surface area contributed by atoms with Crippen LogP contribution in [0, 0.1) is 0 Å². The fraction of sp³-hybridized carbons (Fsp3) is 0.875. The molecule has 4 N–H and O–H groups in total. The van der Waals surface area contributed by atoms with Crippen molar-refractivity contribution < 1.29 is 15.0 Å². The predicted molar refractivity (Wildman–Crippen MR) is 47.7 cm³/mol. The second-order valence-electron chi connectivity index (χ2n) is 3.67. The maximum absolute atomic E-state index is 10.4. The van der Waals surface area contributed by atoms with Crippen LogP contribution < -0.4 is 10.6 Å². The zero-order valence-electron chi connectivity index (χ0n) is 7.71. The smallest absolute Gasteiger partial charge is 0.405 e. The lowest BCUT2D eigenvalue weighted by atomic mass is 9.92. The molecule has 76 valence electrons. The summed E-state index contributed by atoms with van der Waals surface area (Å²) in [6, 6.07) is -0.424. The van der Waals surface area contributed by atoms with Crippen molar-refractivity contribution in [1.82, 2.24) is 10.6 Å². The van der Waals surface area contributed by atoms with Crippen LogP contribution >= 0.6 is 0 Å². The van der Waals surface area contributed by atoms with E-state index in [1.54, 1.807) is 6.92 Å². The van der Waals surface area contributed by atoms with Gasteiger partial charge in [-0.1, -0.05) is 0 Å². The van der Waals surface area contributed by atoms with E-state index in [9.17, 15) is 9.90 Å². The summed E-state index contributed by atoms with van der Waals surface area (Å²) in [6.07, 6.45) is 0.393. The van der Waals surface area contributed by atoms with E-state index in [2.05, 4.69) is 10.6 Å². The minimum absolute atomic E-state index is 0.424. The standard InChI is InChI=1S/C8H16N2O3/c1-8(13)3-2-4-9-5-6(8)10-7(11)12/h6,9-10,13H,2-5H2,1H3,(H,11,12)/t6-,8+/m0/s1. The Balaban J connectivity index is 2.60. The third kappa shape index (κ3) is 2.86. The largest absolute Gasteiger partial charge is 0.465 e. The maximum Gasteiger partial charge on any atom is 0.405 e. The molecule has 1 saturated heterocycles. The molecule has 13 heavy (non-hydrogen) atoms. The van der Waals surface area contributed by atoms with Crippen molar-refractivity contribution in [3.05, 3.63) is 0 Å². The van der Waals surface area contributed by atoms with Gasteiger partial charge in [-0.05, 0) is 26.3 Å². The van der Waals surface area contributed by atoms with Crippen molar-refractivity contribution in [2.75, 3.05) is 13.1 Å². The third-order valence-corrected chi connectivity index (χ3v) is 2.43. The second-order valence-corrected chi connectivity index (χ2v) is 3.67. The van der Waals surface area contributed by atoms with Crippen LogP contribution in [0.15, 0.2) is 0 Å². The molecule has 1 amide bonds. The first kappa shape index (κ1) is 10.3. The highest BCUT2D eigenvalue weighted by Crippen LogP contribution is 2.18. The van der Waals surface area contributed by atoms with E-state index in [4.69, 9.17) is 5.11 Å². The molecule has 1 heterocycles.